The van der Waals surface area contributed by atoms with Crippen LogP contribution in [0.4, 0.5) is 0 Å². The molecular weight excluding hydrogens is 540 g/mol. The Morgan fingerprint density at radius 2 is 0.644 bits per heavy atom. The zero-order valence-electron chi connectivity index (χ0n) is 25.4. The van der Waals surface area contributed by atoms with Gasteiger partial charge < -0.3 is 0 Å². The monoisotopic (exact) mass is 570 g/mol. The lowest BCUT2D eigenvalue weighted by atomic mass is 9.80. The smallest absolute Gasteiger partial charge is 0.0159 e. The first-order valence-electron chi connectivity index (χ1n) is 15.9. The number of hydrogen-bond donors (Lipinski definition) is 0. The third-order valence-electron chi connectivity index (χ3n) is 10.6. The molecule has 0 aliphatic heterocycles. The minimum Gasteiger partial charge on any atom is -0.0616 e. The lowest BCUT2D eigenvalue weighted by Gasteiger charge is -2.23. The van der Waals surface area contributed by atoms with E-state index < -0.39 is 0 Å². The summed E-state index contributed by atoms with van der Waals surface area (Å²) in [4.78, 5) is 0. The first-order valence-corrected chi connectivity index (χ1v) is 15.9. The first-order chi connectivity index (χ1) is 22.1. The lowest BCUT2D eigenvalue weighted by molar-refractivity contribution is 0.661. The van der Waals surface area contributed by atoms with Crippen LogP contribution in [-0.4, -0.2) is 0 Å². The predicted molar refractivity (Wildman–Crippen MR) is 194 cm³/mol. The van der Waals surface area contributed by atoms with Gasteiger partial charge in [0.15, 0.2) is 0 Å². The molecular formula is C45H30. The molecule has 0 heteroatoms. The molecule has 10 rings (SSSR count). The van der Waals surface area contributed by atoms with Crippen molar-refractivity contribution in [1.82, 2.24) is 0 Å². The number of fused-ring (bicyclic) bond motifs is 15. The van der Waals surface area contributed by atoms with Crippen LogP contribution < -0.4 is 0 Å². The van der Waals surface area contributed by atoms with Gasteiger partial charge in [-0.1, -0.05) is 135 Å². The highest BCUT2D eigenvalue weighted by molar-refractivity contribution is 6.27. The average molecular weight is 571 g/mol. The summed E-state index contributed by atoms with van der Waals surface area (Å²) >= 11 is 0. The van der Waals surface area contributed by atoms with Crippen LogP contribution in [0.5, 0.6) is 0 Å². The molecule has 0 fully saturated rings. The van der Waals surface area contributed by atoms with Gasteiger partial charge in [0.1, 0.15) is 0 Å². The molecule has 0 heterocycles. The van der Waals surface area contributed by atoms with Crippen LogP contribution in [0.15, 0.2) is 146 Å². The Morgan fingerprint density at radius 1 is 0.289 bits per heavy atom. The highest BCUT2D eigenvalue weighted by atomic mass is 14.4. The molecule has 0 spiro atoms. The quantitative estimate of drug-likeness (QED) is 0.172. The van der Waals surface area contributed by atoms with Crippen molar-refractivity contribution >= 4 is 64.6 Å². The third kappa shape index (κ3) is 3.32. The fourth-order valence-corrected chi connectivity index (χ4v) is 8.40. The van der Waals surface area contributed by atoms with Crippen LogP contribution in [0.3, 0.4) is 0 Å². The van der Waals surface area contributed by atoms with E-state index in [9.17, 15) is 0 Å². The summed E-state index contributed by atoms with van der Waals surface area (Å²) in [7, 11) is 0. The van der Waals surface area contributed by atoms with Crippen molar-refractivity contribution in [1.29, 1.82) is 0 Å². The molecule has 0 unspecified atom stereocenters. The molecule has 0 amide bonds. The Balaban J connectivity index is 1.20. The second-order valence-electron chi connectivity index (χ2n) is 13.3. The summed E-state index contributed by atoms with van der Waals surface area (Å²) in [6, 6.07) is 54.6. The highest BCUT2D eigenvalue weighted by Crippen LogP contribution is 2.52. The van der Waals surface area contributed by atoms with Gasteiger partial charge in [0, 0.05) is 5.41 Å². The summed E-state index contributed by atoms with van der Waals surface area (Å²) in [5.74, 6) is 0. The molecule has 1 aliphatic carbocycles. The normalized spacial score (nSPS) is 13.7. The van der Waals surface area contributed by atoms with Crippen molar-refractivity contribution in [2.45, 2.75) is 19.3 Å². The number of hydrogen-bond acceptors (Lipinski definition) is 0. The third-order valence-corrected chi connectivity index (χ3v) is 10.6. The fraction of sp³-hybridized carbons (Fsp3) is 0.0667. The maximum Gasteiger partial charge on any atom is 0.0159 e. The molecule has 210 valence electrons. The van der Waals surface area contributed by atoms with Crippen molar-refractivity contribution in [2.24, 2.45) is 0 Å². The fourth-order valence-electron chi connectivity index (χ4n) is 8.40. The van der Waals surface area contributed by atoms with Crippen LogP contribution in [0.2, 0.25) is 0 Å². The first kappa shape index (κ1) is 24.9. The molecule has 0 nitrogen and oxygen atoms in total. The maximum absolute atomic E-state index is 2.49. The average Bonchev–Trinajstić information content (AvgIpc) is 3.32. The van der Waals surface area contributed by atoms with Gasteiger partial charge in [-0.25, -0.2) is 0 Å². The van der Waals surface area contributed by atoms with Crippen molar-refractivity contribution in [3.8, 4) is 22.3 Å². The Morgan fingerprint density at radius 3 is 1.16 bits per heavy atom. The van der Waals surface area contributed by atoms with Gasteiger partial charge in [-0.05, 0) is 122 Å². The summed E-state index contributed by atoms with van der Waals surface area (Å²) in [5.41, 5.74) is 7.97. The molecule has 1 aliphatic rings. The molecule has 9 aromatic rings. The van der Waals surface area contributed by atoms with Crippen molar-refractivity contribution in [2.75, 3.05) is 0 Å². The minimum absolute atomic E-state index is 0.110. The zero-order chi connectivity index (χ0) is 29.9. The molecule has 0 aromatic heterocycles. The summed E-state index contributed by atoms with van der Waals surface area (Å²) in [5, 5.41) is 15.9. The van der Waals surface area contributed by atoms with E-state index in [1.165, 1.54) is 98.0 Å². The van der Waals surface area contributed by atoms with Gasteiger partial charge in [-0.2, -0.15) is 0 Å². The van der Waals surface area contributed by atoms with Gasteiger partial charge in [0.25, 0.3) is 0 Å². The number of benzene rings is 9. The SMILES string of the molecule is CC1(C)c2cc(-c3ccc4c5ccccc5c5ccccc5c4c3)ccc2-c2cc3c4ccccc4c4ccccc4c3cc21. The topological polar surface area (TPSA) is 0 Å². The van der Waals surface area contributed by atoms with Crippen molar-refractivity contribution < 1.29 is 0 Å². The van der Waals surface area contributed by atoms with E-state index in [0.717, 1.165) is 0 Å². The Kier molecular flexibility index (Phi) is 4.88. The van der Waals surface area contributed by atoms with Gasteiger partial charge in [-0.15, -0.1) is 0 Å². The minimum atomic E-state index is -0.110. The van der Waals surface area contributed by atoms with Crippen LogP contribution in [0, 0.1) is 0 Å². The Bertz CT molecular complexity index is 2690. The lowest BCUT2D eigenvalue weighted by Crippen LogP contribution is -2.15. The second-order valence-corrected chi connectivity index (χ2v) is 13.3. The predicted octanol–water partition coefficient (Wildman–Crippen LogP) is 12.6. The maximum atomic E-state index is 2.49. The zero-order valence-corrected chi connectivity index (χ0v) is 25.4. The summed E-state index contributed by atoms with van der Waals surface area (Å²) in [6.45, 7) is 4.80. The van der Waals surface area contributed by atoms with Crippen LogP contribution in [0.1, 0.15) is 25.0 Å². The van der Waals surface area contributed by atoms with E-state index in [4.69, 9.17) is 0 Å². The summed E-state index contributed by atoms with van der Waals surface area (Å²) in [6.07, 6.45) is 0. The molecule has 9 aromatic carbocycles. The summed E-state index contributed by atoms with van der Waals surface area (Å²) < 4.78 is 0. The molecule has 0 N–H and O–H groups in total. The van der Waals surface area contributed by atoms with Crippen LogP contribution >= 0.6 is 0 Å². The van der Waals surface area contributed by atoms with E-state index in [0.29, 0.717) is 0 Å². The van der Waals surface area contributed by atoms with Gasteiger partial charge in [-0.3, -0.25) is 0 Å². The molecule has 0 radical (unpaired) electrons. The van der Waals surface area contributed by atoms with Gasteiger partial charge >= 0.3 is 0 Å². The van der Waals surface area contributed by atoms with E-state index in [1.54, 1.807) is 0 Å². The molecule has 45 heavy (non-hydrogen) atoms. The van der Waals surface area contributed by atoms with Gasteiger partial charge in [0.05, 0.1) is 0 Å². The molecule has 0 saturated carbocycles. The van der Waals surface area contributed by atoms with E-state index in [1.807, 2.05) is 0 Å². The molecule has 0 atom stereocenters. The van der Waals surface area contributed by atoms with Crippen molar-refractivity contribution in [3.05, 3.63) is 157 Å². The van der Waals surface area contributed by atoms with E-state index in [-0.39, 0.29) is 5.41 Å². The highest BCUT2D eigenvalue weighted by Gasteiger charge is 2.36. The van der Waals surface area contributed by atoms with Crippen molar-refractivity contribution in [3.63, 3.8) is 0 Å². The van der Waals surface area contributed by atoms with E-state index >= 15 is 0 Å². The number of rotatable bonds is 1. The van der Waals surface area contributed by atoms with Crippen LogP contribution in [-0.2, 0) is 5.41 Å². The second kappa shape index (κ2) is 8.80. The standard InChI is InChI=1S/C45H30/c1-45(2)43-24-28(27-19-21-37-33-15-4-3-11-29(33)30-12-5-8-16-34(30)39(37)23-27)20-22-38(43)42-25-40-35-17-9-6-13-31(35)32-14-7-10-18-36(32)41(40)26-44(42)45/h3-26H,1-2H3. The molecule has 0 saturated heterocycles. The Labute approximate surface area is 262 Å². The Hall–Kier alpha value is -5.46. The largest absolute Gasteiger partial charge is 0.0616 e. The van der Waals surface area contributed by atoms with E-state index in [2.05, 4.69) is 159 Å². The van der Waals surface area contributed by atoms with Gasteiger partial charge in [0.2, 0.25) is 0 Å². The van der Waals surface area contributed by atoms with Crippen LogP contribution in [0.25, 0.3) is 86.9 Å². The molecule has 0 bridgehead atoms.